The molecule has 1 heterocycles. The Balaban J connectivity index is 1.74. The summed E-state index contributed by atoms with van der Waals surface area (Å²) in [6.45, 7) is 6.77. The molecule has 1 atom stereocenters. The van der Waals surface area contributed by atoms with E-state index in [0.717, 1.165) is 27.6 Å². The molecule has 31 heavy (non-hydrogen) atoms. The van der Waals surface area contributed by atoms with E-state index in [4.69, 9.17) is 0 Å². The molecule has 0 bridgehead atoms. The van der Waals surface area contributed by atoms with Crippen molar-refractivity contribution < 1.29 is 8.42 Å². The van der Waals surface area contributed by atoms with E-state index in [1.54, 1.807) is 12.1 Å². The van der Waals surface area contributed by atoms with Crippen molar-refractivity contribution >= 4 is 20.9 Å². The Hall–Kier alpha value is -3.15. The highest BCUT2D eigenvalue weighted by Gasteiger charge is 2.23. The fourth-order valence-corrected chi connectivity index (χ4v) is 4.98. The summed E-state index contributed by atoms with van der Waals surface area (Å²) < 4.78 is 30.9. The number of hydrogen-bond acceptors (Lipinski definition) is 2. The second-order valence-electron chi connectivity index (χ2n) is 7.67. The van der Waals surface area contributed by atoms with Crippen LogP contribution in [0.1, 0.15) is 22.6 Å². The number of fused-ring (bicyclic) bond motifs is 1. The third-order valence-electron chi connectivity index (χ3n) is 5.53. The normalized spacial score (nSPS) is 12.7. The van der Waals surface area contributed by atoms with Crippen LogP contribution in [0, 0.1) is 6.92 Å². The Labute approximate surface area is 183 Å². The number of hydrogen-bond donors (Lipinski definition) is 1. The highest BCUT2D eigenvalue weighted by atomic mass is 32.2. The van der Waals surface area contributed by atoms with Crippen LogP contribution in [0.15, 0.2) is 103 Å². The number of rotatable bonds is 8. The van der Waals surface area contributed by atoms with Gasteiger partial charge in [-0.15, -0.1) is 6.58 Å². The number of sulfonamides is 1. The van der Waals surface area contributed by atoms with Gasteiger partial charge in [0.1, 0.15) is 0 Å². The molecule has 0 amide bonds. The topological polar surface area (TPSA) is 51.1 Å². The van der Waals surface area contributed by atoms with Crippen molar-refractivity contribution in [3.8, 4) is 0 Å². The lowest BCUT2D eigenvalue weighted by molar-refractivity contribution is 0.577. The molecular weight excluding hydrogens is 404 g/mol. The molecule has 5 heteroatoms. The second-order valence-corrected chi connectivity index (χ2v) is 9.44. The molecule has 1 N–H and O–H groups in total. The fraction of sp³-hybridized carbons (Fsp3) is 0.154. The fourth-order valence-electron chi connectivity index (χ4n) is 3.93. The van der Waals surface area contributed by atoms with Crippen molar-refractivity contribution in [2.45, 2.75) is 24.3 Å². The van der Waals surface area contributed by atoms with Crippen LogP contribution in [0.4, 0.5) is 0 Å². The smallest absolute Gasteiger partial charge is 0.240 e. The van der Waals surface area contributed by atoms with Crippen molar-refractivity contribution in [3.05, 3.63) is 114 Å². The van der Waals surface area contributed by atoms with Gasteiger partial charge in [0.15, 0.2) is 0 Å². The highest BCUT2D eigenvalue weighted by Crippen LogP contribution is 2.32. The van der Waals surface area contributed by atoms with Crippen LogP contribution in [0.25, 0.3) is 10.9 Å². The van der Waals surface area contributed by atoms with E-state index in [1.165, 1.54) is 0 Å². The molecule has 158 valence electrons. The Morgan fingerprint density at radius 2 is 1.65 bits per heavy atom. The number of nitrogens with one attached hydrogen (secondary N) is 1. The number of benzene rings is 3. The van der Waals surface area contributed by atoms with Crippen molar-refractivity contribution in [3.63, 3.8) is 0 Å². The monoisotopic (exact) mass is 430 g/mol. The molecule has 0 aliphatic rings. The molecule has 0 fully saturated rings. The summed E-state index contributed by atoms with van der Waals surface area (Å²) in [6.07, 6.45) is 3.98. The van der Waals surface area contributed by atoms with E-state index in [9.17, 15) is 8.42 Å². The van der Waals surface area contributed by atoms with Gasteiger partial charge >= 0.3 is 0 Å². The molecule has 0 unspecified atom stereocenters. The summed E-state index contributed by atoms with van der Waals surface area (Å²) in [7, 11) is -3.62. The summed E-state index contributed by atoms with van der Waals surface area (Å²) in [4.78, 5) is 0.277. The summed E-state index contributed by atoms with van der Waals surface area (Å²) in [6, 6.07) is 25.2. The molecule has 4 aromatic rings. The molecule has 0 aliphatic heterocycles. The SMILES string of the molecule is C=CCn1cc([C@@H](CNS(=O)(=O)c2ccc(C)cc2)c2ccccc2)c2ccccc21. The van der Waals surface area contributed by atoms with E-state index in [0.29, 0.717) is 6.54 Å². The van der Waals surface area contributed by atoms with Crippen LogP contribution in [0.3, 0.4) is 0 Å². The maximum absolute atomic E-state index is 13.0. The van der Waals surface area contributed by atoms with Gasteiger partial charge in [-0.3, -0.25) is 0 Å². The number of allylic oxidation sites excluding steroid dienone is 1. The summed E-state index contributed by atoms with van der Waals surface area (Å²) >= 11 is 0. The van der Waals surface area contributed by atoms with Gasteiger partial charge in [-0.1, -0.05) is 72.3 Å². The number of nitrogens with zero attached hydrogens (tertiary/aromatic N) is 1. The highest BCUT2D eigenvalue weighted by molar-refractivity contribution is 7.89. The van der Waals surface area contributed by atoms with Gasteiger partial charge in [-0.05, 0) is 36.2 Å². The Kier molecular flexibility index (Phi) is 6.07. The first-order chi connectivity index (χ1) is 15.0. The van der Waals surface area contributed by atoms with Crippen LogP contribution >= 0.6 is 0 Å². The first-order valence-corrected chi connectivity index (χ1v) is 11.8. The summed E-state index contributed by atoms with van der Waals surface area (Å²) in [5, 5.41) is 1.12. The molecule has 0 saturated heterocycles. The predicted molar refractivity (Wildman–Crippen MR) is 127 cm³/mol. The third-order valence-corrected chi connectivity index (χ3v) is 6.97. The zero-order chi connectivity index (χ0) is 21.8. The molecule has 3 aromatic carbocycles. The quantitative estimate of drug-likeness (QED) is 0.388. The largest absolute Gasteiger partial charge is 0.343 e. The Morgan fingerprint density at radius 3 is 2.35 bits per heavy atom. The van der Waals surface area contributed by atoms with Crippen molar-refractivity contribution in [2.24, 2.45) is 0 Å². The van der Waals surface area contributed by atoms with Crippen molar-refractivity contribution in [1.29, 1.82) is 0 Å². The van der Waals surface area contributed by atoms with Crippen LogP contribution in [-0.2, 0) is 16.6 Å². The van der Waals surface area contributed by atoms with Gasteiger partial charge in [0.05, 0.1) is 4.90 Å². The standard InChI is InChI=1S/C26H26N2O2S/c1-3-17-28-19-25(23-11-7-8-12-26(23)28)24(21-9-5-4-6-10-21)18-27-31(29,30)22-15-13-20(2)14-16-22/h3-16,19,24,27H,1,17-18H2,2H3/t24-/m0/s1. The molecule has 1 aromatic heterocycles. The first-order valence-electron chi connectivity index (χ1n) is 10.3. The van der Waals surface area contributed by atoms with E-state index in [-0.39, 0.29) is 17.4 Å². The summed E-state index contributed by atoms with van der Waals surface area (Å²) in [5.41, 5.74) is 4.29. The molecule has 0 aliphatic carbocycles. The van der Waals surface area contributed by atoms with Gasteiger partial charge in [-0.25, -0.2) is 13.1 Å². The summed E-state index contributed by atoms with van der Waals surface area (Å²) in [5.74, 6) is -0.127. The van der Waals surface area contributed by atoms with Crippen LogP contribution in [-0.4, -0.2) is 19.5 Å². The number of aryl methyl sites for hydroxylation is 1. The van der Waals surface area contributed by atoms with Crippen molar-refractivity contribution in [1.82, 2.24) is 9.29 Å². The average Bonchev–Trinajstić information content (AvgIpc) is 3.14. The minimum atomic E-state index is -3.62. The lowest BCUT2D eigenvalue weighted by Crippen LogP contribution is -2.29. The van der Waals surface area contributed by atoms with E-state index in [2.05, 4.69) is 34.2 Å². The first kappa shape index (κ1) is 21.1. The van der Waals surface area contributed by atoms with Crippen molar-refractivity contribution in [2.75, 3.05) is 6.54 Å². The minimum Gasteiger partial charge on any atom is -0.343 e. The molecular formula is C26H26N2O2S. The maximum Gasteiger partial charge on any atom is 0.240 e. The van der Waals surface area contributed by atoms with Crippen LogP contribution < -0.4 is 4.72 Å². The van der Waals surface area contributed by atoms with E-state index in [1.807, 2.05) is 67.6 Å². The lowest BCUT2D eigenvalue weighted by atomic mass is 9.91. The lowest BCUT2D eigenvalue weighted by Gasteiger charge is -2.18. The molecule has 0 spiro atoms. The molecule has 0 radical (unpaired) electrons. The maximum atomic E-state index is 13.0. The molecule has 4 rings (SSSR count). The number of para-hydroxylation sites is 1. The Morgan fingerprint density at radius 1 is 0.968 bits per heavy atom. The minimum absolute atomic E-state index is 0.127. The van der Waals surface area contributed by atoms with E-state index < -0.39 is 10.0 Å². The van der Waals surface area contributed by atoms with Crippen LogP contribution in [0.2, 0.25) is 0 Å². The third kappa shape index (κ3) is 4.48. The van der Waals surface area contributed by atoms with Gasteiger partial charge in [0, 0.05) is 36.1 Å². The van der Waals surface area contributed by atoms with Gasteiger partial charge in [0.25, 0.3) is 0 Å². The van der Waals surface area contributed by atoms with Crippen LogP contribution in [0.5, 0.6) is 0 Å². The average molecular weight is 431 g/mol. The number of aromatic nitrogens is 1. The zero-order valence-electron chi connectivity index (χ0n) is 17.5. The van der Waals surface area contributed by atoms with Gasteiger partial charge < -0.3 is 4.57 Å². The predicted octanol–water partition coefficient (Wildman–Crippen LogP) is 5.25. The van der Waals surface area contributed by atoms with Gasteiger partial charge in [-0.2, -0.15) is 0 Å². The molecule has 4 nitrogen and oxygen atoms in total. The Bertz CT molecular complexity index is 1290. The second kappa shape index (κ2) is 8.92. The molecule has 0 saturated carbocycles. The van der Waals surface area contributed by atoms with E-state index >= 15 is 0 Å². The van der Waals surface area contributed by atoms with Gasteiger partial charge in [0.2, 0.25) is 10.0 Å². The zero-order valence-corrected chi connectivity index (χ0v) is 18.3.